The van der Waals surface area contributed by atoms with Crippen molar-refractivity contribution < 1.29 is 51.4 Å². The fraction of sp³-hybridized carbons (Fsp3) is 0.846. The lowest BCUT2D eigenvalue weighted by Crippen LogP contribution is -2.58. The van der Waals surface area contributed by atoms with Crippen LogP contribution in [0.15, 0.2) is 0 Å². The molecule has 5 amide bonds. The number of carbonyl (C=O) groups is 6. The molecule has 0 radical (unpaired) electrons. The zero-order chi connectivity index (χ0) is 39.5. The summed E-state index contributed by atoms with van der Waals surface area (Å²) < 4.78 is 46.6. The maximum absolute atomic E-state index is 12.2. The lowest BCUT2D eigenvalue weighted by atomic mass is 9.64. The van der Waals surface area contributed by atoms with Crippen molar-refractivity contribution in [2.45, 2.75) is 123 Å². The van der Waals surface area contributed by atoms with Crippen LogP contribution >= 0.6 is 0 Å². The Morgan fingerprint density at radius 3 is 1.48 bits per heavy atom. The Bertz CT molecular complexity index is 1450. The molecule has 8 aliphatic rings. The highest BCUT2D eigenvalue weighted by Crippen LogP contribution is 2.51. The molecule has 56 heavy (non-hydrogen) atoms. The molecular weight excluding hydrogens is 737 g/mol. The van der Waals surface area contributed by atoms with Gasteiger partial charge in [0.2, 0.25) is 11.8 Å². The SMILES string of the molecule is C.CCOC(=O)N1CCC2(CC(=O)C2)C1.CCOC(=O)N1CCC2(CC(N3CCC(N4CCC4=O)CC3)C2)C1.O=C1CCN1C1CCN(C(=O)C(F)(F)F)CC1. The maximum atomic E-state index is 12.2. The number of ether oxygens (including phenoxy) is 2. The smallest absolute Gasteiger partial charge is 0.450 e. The molecule has 2 spiro atoms. The van der Waals surface area contributed by atoms with E-state index in [1.165, 1.54) is 12.8 Å². The van der Waals surface area contributed by atoms with Crippen LogP contribution in [0, 0.1) is 10.8 Å². The van der Waals surface area contributed by atoms with Gasteiger partial charge in [-0.25, -0.2) is 9.59 Å². The van der Waals surface area contributed by atoms with Gasteiger partial charge in [0.25, 0.3) is 0 Å². The summed E-state index contributed by atoms with van der Waals surface area (Å²) in [6, 6.07) is 1.18. The van der Waals surface area contributed by atoms with E-state index >= 15 is 0 Å². The number of likely N-dealkylation sites (tertiary alicyclic amines) is 6. The van der Waals surface area contributed by atoms with Gasteiger partial charge in [-0.15, -0.1) is 0 Å². The second kappa shape index (κ2) is 17.9. The summed E-state index contributed by atoms with van der Waals surface area (Å²) >= 11 is 0. The number of amides is 5. The number of rotatable bonds is 5. The molecule has 6 aliphatic heterocycles. The first-order valence-corrected chi connectivity index (χ1v) is 20.2. The first-order valence-electron chi connectivity index (χ1n) is 20.2. The Morgan fingerprint density at radius 1 is 0.643 bits per heavy atom. The second-order valence-corrected chi connectivity index (χ2v) is 16.7. The van der Waals surface area contributed by atoms with Crippen LogP contribution in [0.2, 0.25) is 0 Å². The van der Waals surface area contributed by atoms with Gasteiger partial charge in [0, 0.05) is 115 Å². The predicted octanol–water partition coefficient (Wildman–Crippen LogP) is 4.30. The molecule has 14 nitrogen and oxygen atoms in total. The molecule has 6 saturated heterocycles. The van der Waals surface area contributed by atoms with E-state index in [2.05, 4.69) is 9.80 Å². The van der Waals surface area contributed by atoms with Gasteiger partial charge < -0.3 is 38.9 Å². The maximum Gasteiger partial charge on any atom is 0.471 e. The molecule has 316 valence electrons. The van der Waals surface area contributed by atoms with Crippen LogP contribution < -0.4 is 0 Å². The van der Waals surface area contributed by atoms with Crippen LogP contribution in [0.5, 0.6) is 0 Å². The van der Waals surface area contributed by atoms with Crippen LogP contribution in [0.25, 0.3) is 0 Å². The van der Waals surface area contributed by atoms with Gasteiger partial charge in [-0.2, -0.15) is 13.2 Å². The van der Waals surface area contributed by atoms with E-state index in [0.29, 0.717) is 87.6 Å². The molecule has 0 aromatic heterocycles. The average molecular weight is 799 g/mol. The van der Waals surface area contributed by atoms with E-state index in [1.807, 2.05) is 11.8 Å². The van der Waals surface area contributed by atoms with Crippen LogP contribution in [0.4, 0.5) is 22.8 Å². The lowest BCUT2D eigenvalue weighted by Gasteiger charge is -2.52. The van der Waals surface area contributed by atoms with Crippen molar-refractivity contribution in [3.05, 3.63) is 0 Å². The van der Waals surface area contributed by atoms with E-state index in [4.69, 9.17) is 9.47 Å². The van der Waals surface area contributed by atoms with E-state index < -0.39 is 12.1 Å². The molecule has 0 atom stereocenters. The van der Waals surface area contributed by atoms with Crippen molar-refractivity contribution >= 4 is 35.7 Å². The Labute approximate surface area is 328 Å². The summed E-state index contributed by atoms with van der Waals surface area (Å²) in [6.07, 6.45) is 5.08. The molecule has 8 fully saturated rings. The molecule has 6 heterocycles. The number of carbonyl (C=O) groups excluding carboxylic acids is 6. The van der Waals surface area contributed by atoms with Crippen molar-refractivity contribution in [1.82, 2.24) is 29.4 Å². The van der Waals surface area contributed by atoms with E-state index in [0.717, 1.165) is 76.3 Å². The largest absolute Gasteiger partial charge is 0.471 e. The van der Waals surface area contributed by atoms with Gasteiger partial charge in [0.1, 0.15) is 5.78 Å². The number of β-lactam (4-membered cyclic amide) rings is 2. The molecule has 2 saturated carbocycles. The number of ketones is 1. The molecule has 0 unspecified atom stereocenters. The van der Waals surface area contributed by atoms with Gasteiger partial charge in [0.05, 0.1) is 13.2 Å². The van der Waals surface area contributed by atoms with Crippen LogP contribution in [0.1, 0.15) is 98.3 Å². The average Bonchev–Trinajstić information content (AvgIpc) is 3.77. The van der Waals surface area contributed by atoms with Crippen LogP contribution in [-0.4, -0.2) is 168 Å². The number of hydrogen-bond acceptors (Lipinski definition) is 9. The summed E-state index contributed by atoms with van der Waals surface area (Å²) in [4.78, 5) is 78.7. The molecule has 0 aromatic carbocycles. The normalized spacial score (nSPS) is 27.6. The van der Waals surface area contributed by atoms with E-state index in [-0.39, 0.29) is 50.1 Å². The van der Waals surface area contributed by atoms with E-state index in [9.17, 15) is 41.9 Å². The topological polar surface area (TPSA) is 140 Å². The van der Waals surface area contributed by atoms with Gasteiger partial charge in [0.15, 0.2) is 0 Å². The predicted molar refractivity (Wildman–Crippen MR) is 198 cm³/mol. The minimum Gasteiger partial charge on any atom is -0.450 e. The third-order valence-electron chi connectivity index (χ3n) is 13.1. The van der Waals surface area contributed by atoms with Gasteiger partial charge >= 0.3 is 24.3 Å². The highest BCUT2D eigenvalue weighted by molar-refractivity contribution is 5.87. The van der Waals surface area contributed by atoms with Crippen molar-refractivity contribution in [3.63, 3.8) is 0 Å². The lowest BCUT2D eigenvalue weighted by molar-refractivity contribution is -0.187. The van der Waals surface area contributed by atoms with Crippen molar-refractivity contribution in [2.75, 3.05) is 78.7 Å². The van der Waals surface area contributed by atoms with Gasteiger partial charge in [-0.3, -0.25) is 19.2 Å². The van der Waals surface area contributed by atoms with E-state index in [1.54, 1.807) is 16.7 Å². The fourth-order valence-electron chi connectivity index (χ4n) is 9.78. The highest BCUT2D eigenvalue weighted by Gasteiger charge is 2.52. The number of nitrogens with zero attached hydrogens (tertiary/aromatic N) is 6. The van der Waals surface area contributed by atoms with Crippen LogP contribution in [-0.2, 0) is 28.7 Å². The third kappa shape index (κ3) is 9.72. The number of Topliss-reactive ketones (excluding diaryl/α,β-unsaturated/α-hetero) is 1. The monoisotopic (exact) mass is 798 g/mol. The highest BCUT2D eigenvalue weighted by atomic mass is 19.4. The Hall–Kier alpha value is -3.63. The molecule has 0 N–H and O–H groups in total. The molecule has 0 aromatic rings. The zero-order valence-electron chi connectivity index (χ0n) is 32.3. The fourth-order valence-corrected chi connectivity index (χ4v) is 9.78. The summed E-state index contributed by atoms with van der Waals surface area (Å²) in [5.41, 5.74) is 0.464. The molecule has 0 bridgehead atoms. The van der Waals surface area contributed by atoms with Crippen molar-refractivity contribution in [3.8, 4) is 0 Å². The Kier molecular flexibility index (Phi) is 13.9. The molecular formula is C39H61F3N6O8. The number of piperidine rings is 2. The van der Waals surface area contributed by atoms with Crippen molar-refractivity contribution in [2.24, 2.45) is 10.8 Å². The van der Waals surface area contributed by atoms with Crippen molar-refractivity contribution in [1.29, 1.82) is 0 Å². The first kappa shape index (κ1) is 43.5. The summed E-state index contributed by atoms with van der Waals surface area (Å²) in [6.45, 7) is 11.8. The summed E-state index contributed by atoms with van der Waals surface area (Å²) in [5.74, 6) is -1.03. The van der Waals surface area contributed by atoms with Gasteiger partial charge in [-0.1, -0.05) is 7.43 Å². The Morgan fingerprint density at radius 2 is 1.09 bits per heavy atom. The number of hydrogen-bond donors (Lipinski definition) is 0. The zero-order valence-corrected chi connectivity index (χ0v) is 32.3. The quantitative estimate of drug-likeness (QED) is 0.373. The summed E-state index contributed by atoms with van der Waals surface area (Å²) in [7, 11) is 0. The standard InChI is InChI=1S/C18H29N3O3.C10H13F3N2O2.C10H15NO3.CH4/c1-2-24-17(23)20-10-6-18(13-20)11-15(12-18)19-7-3-14(4-8-19)21-9-5-16(21)22;11-10(12,13)9(17)14-4-1-7(2-5-14)15-6-3-8(15)16;1-2-14-9(13)11-4-3-10(7-11)5-8(12)6-10;/h14-15H,2-13H2,1H3;7H,1-6H2;2-7H2,1H3;1H4. The summed E-state index contributed by atoms with van der Waals surface area (Å²) in [5, 5.41) is 0. The van der Waals surface area contributed by atoms with Crippen LogP contribution in [0.3, 0.4) is 0 Å². The minimum atomic E-state index is -4.79. The first-order chi connectivity index (χ1) is 26.1. The molecule has 17 heteroatoms. The Balaban J connectivity index is 0.000000166. The minimum absolute atomic E-state index is 0. The van der Waals surface area contributed by atoms with Gasteiger partial charge in [-0.05, 0) is 70.6 Å². The number of alkyl halides is 3. The third-order valence-corrected chi connectivity index (χ3v) is 13.1. The molecule has 8 rings (SSSR count). The second-order valence-electron chi connectivity index (χ2n) is 16.7. The molecule has 2 aliphatic carbocycles. The number of halogens is 3.